The minimum absolute atomic E-state index is 0.667. The zero-order valence-corrected chi connectivity index (χ0v) is 10.4. The molecule has 1 N–H and O–H groups in total. The van der Waals surface area contributed by atoms with E-state index in [0.29, 0.717) is 6.04 Å². The quantitative estimate of drug-likeness (QED) is 0.733. The van der Waals surface area contributed by atoms with Gasteiger partial charge in [-0.05, 0) is 55.3 Å². The lowest BCUT2D eigenvalue weighted by Gasteiger charge is -2.59. The fraction of sp³-hybridized carbons (Fsp3) is 1.00. The summed E-state index contributed by atoms with van der Waals surface area (Å²) in [7, 11) is 0. The standard InChI is InChI=1S/C14H25N/c1-9(2)15-13-11-4-10-5-12(13)8-14(3,6-10)7-11/h9-13,15H,4-8H2,1-3H3. The highest BCUT2D eigenvalue weighted by atomic mass is 15.0. The molecule has 2 unspecified atom stereocenters. The van der Waals surface area contributed by atoms with E-state index in [2.05, 4.69) is 26.1 Å². The van der Waals surface area contributed by atoms with Gasteiger partial charge in [0.2, 0.25) is 0 Å². The molecule has 0 heterocycles. The van der Waals surface area contributed by atoms with Crippen molar-refractivity contribution in [3.05, 3.63) is 0 Å². The van der Waals surface area contributed by atoms with Gasteiger partial charge < -0.3 is 5.32 Å². The van der Waals surface area contributed by atoms with Crippen LogP contribution in [0.5, 0.6) is 0 Å². The third-order valence-corrected chi connectivity index (χ3v) is 5.11. The van der Waals surface area contributed by atoms with Gasteiger partial charge in [-0.2, -0.15) is 0 Å². The van der Waals surface area contributed by atoms with Crippen molar-refractivity contribution in [2.45, 2.75) is 65.0 Å². The van der Waals surface area contributed by atoms with Crippen LogP contribution >= 0.6 is 0 Å². The maximum Gasteiger partial charge on any atom is 0.0126 e. The molecule has 0 amide bonds. The Morgan fingerprint density at radius 1 is 1.07 bits per heavy atom. The first kappa shape index (κ1) is 10.1. The lowest BCUT2D eigenvalue weighted by atomic mass is 9.48. The number of hydrogen-bond acceptors (Lipinski definition) is 1. The number of nitrogens with one attached hydrogen (secondary N) is 1. The summed E-state index contributed by atoms with van der Waals surface area (Å²) in [5.74, 6) is 3.09. The van der Waals surface area contributed by atoms with Gasteiger partial charge in [0, 0.05) is 12.1 Å². The second-order valence-electron chi connectivity index (χ2n) is 7.13. The van der Waals surface area contributed by atoms with Crippen LogP contribution < -0.4 is 5.32 Å². The molecule has 0 aromatic heterocycles. The summed E-state index contributed by atoms with van der Waals surface area (Å²) in [6, 6.07) is 1.52. The van der Waals surface area contributed by atoms with Gasteiger partial charge in [0.1, 0.15) is 0 Å². The van der Waals surface area contributed by atoms with Crippen LogP contribution in [0, 0.1) is 23.2 Å². The summed E-state index contributed by atoms with van der Waals surface area (Å²) in [6.45, 7) is 7.14. The zero-order valence-electron chi connectivity index (χ0n) is 10.4. The van der Waals surface area contributed by atoms with E-state index in [1.54, 1.807) is 0 Å². The Morgan fingerprint density at radius 2 is 1.67 bits per heavy atom. The Morgan fingerprint density at radius 3 is 2.13 bits per heavy atom. The average molecular weight is 207 g/mol. The molecule has 2 atom stereocenters. The van der Waals surface area contributed by atoms with Crippen LogP contribution in [0.3, 0.4) is 0 Å². The first-order valence-electron chi connectivity index (χ1n) is 6.82. The molecular formula is C14H25N. The third kappa shape index (κ3) is 1.63. The Bertz CT molecular complexity index is 242. The summed E-state index contributed by atoms with van der Waals surface area (Å²) in [4.78, 5) is 0. The molecule has 0 radical (unpaired) electrons. The Balaban J connectivity index is 1.79. The highest BCUT2D eigenvalue weighted by Gasteiger charge is 2.53. The van der Waals surface area contributed by atoms with Gasteiger partial charge in [-0.15, -0.1) is 0 Å². The van der Waals surface area contributed by atoms with E-state index < -0.39 is 0 Å². The molecule has 4 aliphatic rings. The van der Waals surface area contributed by atoms with Crippen molar-refractivity contribution >= 4 is 0 Å². The van der Waals surface area contributed by atoms with Crippen LogP contribution in [0.25, 0.3) is 0 Å². The largest absolute Gasteiger partial charge is 0.311 e. The summed E-state index contributed by atoms with van der Waals surface area (Å²) in [5, 5.41) is 3.84. The van der Waals surface area contributed by atoms with E-state index in [0.717, 1.165) is 29.2 Å². The molecule has 15 heavy (non-hydrogen) atoms. The van der Waals surface area contributed by atoms with E-state index in [9.17, 15) is 0 Å². The van der Waals surface area contributed by atoms with E-state index in [4.69, 9.17) is 0 Å². The fourth-order valence-electron chi connectivity index (χ4n) is 5.09. The minimum atomic E-state index is 0.667. The highest BCUT2D eigenvalue weighted by molar-refractivity contribution is 5.06. The molecule has 4 rings (SSSR count). The van der Waals surface area contributed by atoms with Crippen LogP contribution in [-0.2, 0) is 0 Å². The molecule has 4 saturated carbocycles. The molecular weight excluding hydrogens is 182 g/mol. The average Bonchev–Trinajstić information content (AvgIpc) is 2.08. The minimum Gasteiger partial charge on any atom is -0.311 e. The molecule has 0 spiro atoms. The maximum atomic E-state index is 3.84. The smallest absolute Gasteiger partial charge is 0.0126 e. The Kier molecular flexibility index (Phi) is 2.18. The normalized spacial score (nSPS) is 52.8. The van der Waals surface area contributed by atoms with E-state index in [-0.39, 0.29) is 0 Å². The molecule has 4 fully saturated rings. The molecule has 0 aromatic carbocycles. The highest BCUT2D eigenvalue weighted by Crippen LogP contribution is 2.59. The molecule has 4 bridgehead atoms. The van der Waals surface area contributed by atoms with Crippen LogP contribution in [0.1, 0.15) is 52.9 Å². The monoisotopic (exact) mass is 207 g/mol. The molecule has 1 nitrogen and oxygen atoms in total. The topological polar surface area (TPSA) is 12.0 Å². The van der Waals surface area contributed by atoms with Crippen molar-refractivity contribution in [3.63, 3.8) is 0 Å². The van der Waals surface area contributed by atoms with Crippen molar-refractivity contribution in [3.8, 4) is 0 Å². The van der Waals surface area contributed by atoms with Crippen LogP contribution in [0.15, 0.2) is 0 Å². The van der Waals surface area contributed by atoms with Crippen LogP contribution in [-0.4, -0.2) is 12.1 Å². The Hall–Kier alpha value is -0.0400. The van der Waals surface area contributed by atoms with Gasteiger partial charge >= 0.3 is 0 Å². The molecule has 4 aliphatic carbocycles. The second kappa shape index (κ2) is 3.23. The Labute approximate surface area is 94.0 Å². The molecule has 0 aliphatic heterocycles. The number of rotatable bonds is 2. The summed E-state index contributed by atoms with van der Waals surface area (Å²) < 4.78 is 0. The van der Waals surface area contributed by atoms with Gasteiger partial charge in [0.15, 0.2) is 0 Å². The second-order valence-corrected chi connectivity index (χ2v) is 7.13. The third-order valence-electron chi connectivity index (χ3n) is 5.11. The predicted octanol–water partition coefficient (Wildman–Crippen LogP) is 3.20. The van der Waals surface area contributed by atoms with Crippen LogP contribution in [0.2, 0.25) is 0 Å². The van der Waals surface area contributed by atoms with Gasteiger partial charge in [0.25, 0.3) is 0 Å². The molecule has 1 heteroatoms. The van der Waals surface area contributed by atoms with Crippen molar-refractivity contribution < 1.29 is 0 Å². The lowest BCUT2D eigenvalue weighted by Crippen LogP contribution is -2.58. The molecule has 0 aromatic rings. The number of hydrogen-bond donors (Lipinski definition) is 1. The molecule has 0 saturated heterocycles. The van der Waals surface area contributed by atoms with E-state index >= 15 is 0 Å². The first-order chi connectivity index (χ1) is 7.06. The zero-order chi connectivity index (χ0) is 10.6. The van der Waals surface area contributed by atoms with Crippen LogP contribution in [0.4, 0.5) is 0 Å². The van der Waals surface area contributed by atoms with Crippen molar-refractivity contribution in [2.75, 3.05) is 0 Å². The lowest BCUT2D eigenvalue weighted by molar-refractivity contribution is -0.0683. The van der Waals surface area contributed by atoms with E-state index in [1.165, 1.54) is 32.1 Å². The SMILES string of the molecule is CC(C)NC1C2CC3CC1CC(C)(C3)C2. The van der Waals surface area contributed by atoms with Crippen molar-refractivity contribution in [1.29, 1.82) is 0 Å². The first-order valence-corrected chi connectivity index (χ1v) is 6.82. The summed E-state index contributed by atoms with van der Waals surface area (Å²) in [5.41, 5.74) is 0.728. The van der Waals surface area contributed by atoms with Gasteiger partial charge in [-0.25, -0.2) is 0 Å². The van der Waals surface area contributed by atoms with Crippen molar-refractivity contribution in [2.24, 2.45) is 23.2 Å². The predicted molar refractivity (Wildman–Crippen MR) is 63.7 cm³/mol. The van der Waals surface area contributed by atoms with Crippen molar-refractivity contribution in [1.82, 2.24) is 5.32 Å². The summed E-state index contributed by atoms with van der Waals surface area (Å²) >= 11 is 0. The maximum absolute atomic E-state index is 3.84. The van der Waals surface area contributed by atoms with E-state index in [1.807, 2.05) is 0 Å². The van der Waals surface area contributed by atoms with Gasteiger partial charge in [-0.3, -0.25) is 0 Å². The fourth-order valence-corrected chi connectivity index (χ4v) is 5.09. The van der Waals surface area contributed by atoms with Gasteiger partial charge in [0.05, 0.1) is 0 Å². The van der Waals surface area contributed by atoms with Gasteiger partial charge in [-0.1, -0.05) is 20.8 Å². The molecule has 86 valence electrons. The summed E-state index contributed by atoms with van der Waals surface area (Å²) in [6.07, 6.45) is 7.59.